The number of alkyl halides is 3. The average Bonchev–Trinajstić information content (AvgIpc) is 2.85. The van der Waals surface area contributed by atoms with Gasteiger partial charge in [-0.1, -0.05) is 54.5 Å². The molecule has 5 rings (SSSR count). The fourth-order valence-corrected chi connectivity index (χ4v) is 11.1. The van der Waals surface area contributed by atoms with Crippen LogP contribution in [0.3, 0.4) is 0 Å². The van der Waals surface area contributed by atoms with Gasteiger partial charge in [-0.15, -0.1) is 0 Å². The molecule has 0 aromatic rings. The van der Waals surface area contributed by atoms with Crippen molar-refractivity contribution in [3.8, 4) is 6.07 Å². The zero-order chi connectivity index (χ0) is 30.6. The molecule has 5 aliphatic carbocycles. The molecule has 5 nitrogen and oxygen atoms in total. The number of carbonyl (C=O) groups excluding carboxylic acids is 3. The van der Waals surface area contributed by atoms with Gasteiger partial charge in [-0.25, -0.2) is 0 Å². The second-order valence-electron chi connectivity index (χ2n) is 16.1. The van der Waals surface area contributed by atoms with Crippen LogP contribution in [0.5, 0.6) is 0 Å². The highest BCUT2D eigenvalue weighted by molar-refractivity contribution is 6.04. The molecular formula is C33H45F3N2O3. The average molecular weight is 575 g/mol. The molecule has 0 heterocycles. The van der Waals surface area contributed by atoms with Crippen molar-refractivity contribution in [2.45, 2.75) is 106 Å². The van der Waals surface area contributed by atoms with Crippen LogP contribution in [0.25, 0.3) is 0 Å². The van der Waals surface area contributed by atoms with E-state index in [4.69, 9.17) is 0 Å². The number of fused-ring (bicyclic) bond motifs is 7. The van der Waals surface area contributed by atoms with E-state index in [0.29, 0.717) is 32.1 Å². The molecule has 41 heavy (non-hydrogen) atoms. The quantitative estimate of drug-likeness (QED) is 0.386. The summed E-state index contributed by atoms with van der Waals surface area (Å²) in [4.78, 5) is 41.4. The number of Topliss-reactive ketones (excluding diaryl/α,β-unsaturated/α-hetero) is 2. The second-order valence-corrected chi connectivity index (χ2v) is 16.1. The van der Waals surface area contributed by atoms with Crippen molar-refractivity contribution < 1.29 is 27.6 Å². The predicted octanol–water partition coefficient (Wildman–Crippen LogP) is 6.96. The van der Waals surface area contributed by atoms with Gasteiger partial charge in [0.05, 0.1) is 11.0 Å². The minimum atomic E-state index is -4.50. The molecule has 1 amide bonds. The Labute approximate surface area is 242 Å². The zero-order valence-electron chi connectivity index (χ0n) is 25.6. The summed E-state index contributed by atoms with van der Waals surface area (Å²) in [5, 5.41) is 12.1. The summed E-state index contributed by atoms with van der Waals surface area (Å²) < 4.78 is 39.4. The van der Waals surface area contributed by atoms with Crippen molar-refractivity contribution in [3.63, 3.8) is 0 Å². The second kappa shape index (κ2) is 8.92. The minimum absolute atomic E-state index is 0.00457. The van der Waals surface area contributed by atoms with Crippen LogP contribution in [0.4, 0.5) is 13.2 Å². The van der Waals surface area contributed by atoms with Gasteiger partial charge in [0.1, 0.15) is 18.4 Å². The first-order valence-corrected chi connectivity index (χ1v) is 15.2. The number of nitriles is 1. The van der Waals surface area contributed by atoms with Crippen LogP contribution in [0, 0.1) is 67.5 Å². The number of nitrogens with one attached hydrogen (secondary N) is 1. The van der Waals surface area contributed by atoms with Crippen LogP contribution in [-0.2, 0) is 14.4 Å². The Balaban J connectivity index is 1.59. The highest BCUT2D eigenvalue weighted by Gasteiger charge is 2.73. The lowest BCUT2D eigenvalue weighted by molar-refractivity contribution is -0.222. The largest absolute Gasteiger partial charge is 0.405 e. The van der Waals surface area contributed by atoms with E-state index in [1.165, 1.54) is 0 Å². The Hall–Kier alpha value is -2.17. The monoisotopic (exact) mass is 574 g/mol. The maximum absolute atomic E-state index is 14.5. The molecule has 1 N–H and O–H groups in total. The number of hydrogen-bond donors (Lipinski definition) is 1. The van der Waals surface area contributed by atoms with Crippen molar-refractivity contribution in [3.05, 3.63) is 11.6 Å². The van der Waals surface area contributed by atoms with E-state index in [1.54, 1.807) is 0 Å². The molecule has 5 aliphatic rings. The summed E-state index contributed by atoms with van der Waals surface area (Å²) in [6, 6.07) is 2.14. The Morgan fingerprint density at radius 3 is 2.22 bits per heavy atom. The van der Waals surface area contributed by atoms with Gasteiger partial charge in [0.2, 0.25) is 5.91 Å². The summed E-state index contributed by atoms with van der Waals surface area (Å²) in [7, 11) is 0. The Bertz CT molecular complexity index is 1260. The number of hydrogen-bond acceptors (Lipinski definition) is 4. The topological polar surface area (TPSA) is 87.0 Å². The van der Waals surface area contributed by atoms with E-state index in [1.807, 2.05) is 19.9 Å². The van der Waals surface area contributed by atoms with E-state index < -0.39 is 46.2 Å². The van der Waals surface area contributed by atoms with Crippen LogP contribution in [0.1, 0.15) is 99.8 Å². The molecule has 0 bridgehead atoms. The predicted molar refractivity (Wildman–Crippen MR) is 148 cm³/mol. The summed E-state index contributed by atoms with van der Waals surface area (Å²) in [6.45, 7) is 13.4. The molecule has 4 fully saturated rings. The highest BCUT2D eigenvalue weighted by Crippen LogP contribution is 2.75. The molecule has 8 heteroatoms. The van der Waals surface area contributed by atoms with Gasteiger partial charge < -0.3 is 5.32 Å². The molecule has 4 saturated carbocycles. The first-order chi connectivity index (χ1) is 18.7. The van der Waals surface area contributed by atoms with E-state index >= 15 is 0 Å². The molecule has 0 aromatic carbocycles. The fourth-order valence-electron chi connectivity index (χ4n) is 11.1. The van der Waals surface area contributed by atoms with Gasteiger partial charge in [0, 0.05) is 17.8 Å². The van der Waals surface area contributed by atoms with Crippen molar-refractivity contribution in [1.82, 2.24) is 5.32 Å². The van der Waals surface area contributed by atoms with Crippen LogP contribution < -0.4 is 5.32 Å². The summed E-state index contributed by atoms with van der Waals surface area (Å²) in [5.74, 6) is -1.43. The van der Waals surface area contributed by atoms with Crippen LogP contribution in [-0.4, -0.2) is 30.2 Å². The van der Waals surface area contributed by atoms with E-state index in [9.17, 15) is 32.8 Å². The number of carbonyl (C=O) groups is 3. The van der Waals surface area contributed by atoms with E-state index in [-0.39, 0.29) is 45.7 Å². The van der Waals surface area contributed by atoms with Gasteiger partial charge in [0.25, 0.3) is 0 Å². The SMILES string of the molecule is CC1(C)CC[C@@]2(C(=O)NCC(F)(F)F)CC[C@]3(C)C(C(=O)CC4[C@@]5(C)C=C(C#N)C(=O)C(C)(C)[C@@H]5CC[C@]43C)[C@@H]2C1. The highest BCUT2D eigenvalue weighted by atomic mass is 19.4. The third-order valence-corrected chi connectivity index (χ3v) is 13.4. The lowest BCUT2D eigenvalue weighted by atomic mass is 9.31. The van der Waals surface area contributed by atoms with Crippen molar-refractivity contribution in [1.29, 1.82) is 5.26 Å². The van der Waals surface area contributed by atoms with E-state index in [0.717, 1.165) is 19.3 Å². The Morgan fingerprint density at radius 2 is 1.61 bits per heavy atom. The lowest BCUT2D eigenvalue weighted by Crippen LogP contribution is -2.69. The molecule has 2 unspecified atom stereocenters. The third-order valence-electron chi connectivity index (χ3n) is 13.4. The van der Waals surface area contributed by atoms with Gasteiger partial charge in [-0.2, -0.15) is 18.4 Å². The fraction of sp³-hybridized carbons (Fsp3) is 0.818. The molecule has 0 spiro atoms. The number of ketones is 2. The molecule has 8 atom stereocenters. The zero-order valence-corrected chi connectivity index (χ0v) is 25.6. The van der Waals surface area contributed by atoms with Crippen molar-refractivity contribution in [2.75, 3.05) is 6.54 Å². The molecular weight excluding hydrogens is 529 g/mol. The van der Waals surface area contributed by atoms with Crippen molar-refractivity contribution >= 4 is 17.5 Å². The lowest BCUT2D eigenvalue weighted by Gasteiger charge is -2.71. The number of rotatable bonds is 2. The molecule has 0 saturated heterocycles. The number of nitrogens with zero attached hydrogens (tertiary/aromatic N) is 1. The summed E-state index contributed by atoms with van der Waals surface area (Å²) in [6.07, 6.45) is 2.16. The van der Waals surface area contributed by atoms with Crippen LogP contribution >= 0.6 is 0 Å². The van der Waals surface area contributed by atoms with Crippen LogP contribution in [0.15, 0.2) is 11.6 Å². The van der Waals surface area contributed by atoms with Gasteiger partial charge in [-0.05, 0) is 84.4 Å². The number of allylic oxidation sites excluding steroid dienone is 2. The summed E-state index contributed by atoms with van der Waals surface area (Å²) in [5.41, 5.74) is -2.95. The number of amides is 1. The molecule has 0 aromatic heterocycles. The molecule has 0 aliphatic heterocycles. The minimum Gasteiger partial charge on any atom is -0.346 e. The smallest absolute Gasteiger partial charge is 0.346 e. The number of halogens is 3. The van der Waals surface area contributed by atoms with Crippen molar-refractivity contribution in [2.24, 2.45) is 56.2 Å². The first-order valence-electron chi connectivity index (χ1n) is 15.2. The van der Waals surface area contributed by atoms with Gasteiger partial charge in [0.15, 0.2) is 5.78 Å². The van der Waals surface area contributed by atoms with Gasteiger partial charge >= 0.3 is 6.18 Å². The summed E-state index contributed by atoms with van der Waals surface area (Å²) >= 11 is 0. The van der Waals surface area contributed by atoms with Gasteiger partial charge in [-0.3, -0.25) is 14.4 Å². The Morgan fingerprint density at radius 1 is 0.976 bits per heavy atom. The van der Waals surface area contributed by atoms with E-state index in [2.05, 4.69) is 46.0 Å². The molecule has 226 valence electrons. The van der Waals surface area contributed by atoms with Crippen LogP contribution in [0.2, 0.25) is 0 Å². The third kappa shape index (κ3) is 4.10. The maximum atomic E-state index is 14.5. The first kappa shape index (κ1) is 30.3. The standard InChI is InChI=1S/C33H45F3N2O3/c1-27(2)10-12-32(26(41)38-18-33(34,35)36)13-11-31(7)24(20(32)16-27)21(39)14-23-29(5)15-19(17-37)25(40)28(3,4)22(29)8-9-30(23,31)6/h15,20,22-24H,8-14,16,18H2,1-7H3,(H,38,41)/t20-,22-,23?,24?,29-,30+,31+,32+/m0/s1. The Kier molecular flexibility index (Phi) is 6.59. The maximum Gasteiger partial charge on any atom is 0.405 e. The normalized spacial score (nSPS) is 44.8. The molecule has 0 radical (unpaired) electrons.